The maximum atomic E-state index is 13.6. The third kappa shape index (κ3) is 3.98. The predicted molar refractivity (Wildman–Crippen MR) is 82.5 cm³/mol. The largest absolute Gasteiger partial charge is 0.481 e. The summed E-state index contributed by atoms with van der Waals surface area (Å²) in [6.45, 7) is 6.78. The first kappa shape index (κ1) is 19.7. The van der Waals surface area contributed by atoms with Gasteiger partial charge in [0.05, 0.1) is 23.2 Å². The second-order valence-corrected chi connectivity index (χ2v) is 7.06. The molecule has 0 aromatic heterocycles. The van der Waals surface area contributed by atoms with E-state index < -0.39 is 59.6 Å². The van der Waals surface area contributed by atoms with Gasteiger partial charge in [-0.3, -0.25) is 4.79 Å². The molecule has 1 aromatic carbocycles. The van der Waals surface area contributed by atoms with Gasteiger partial charge >= 0.3 is 19.3 Å². The fraction of sp³-hybridized carbons (Fsp3) is 0.562. The van der Waals surface area contributed by atoms with Crippen LogP contribution in [-0.4, -0.2) is 29.4 Å². The molecule has 138 valence electrons. The van der Waals surface area contributed by atoms with Gasteiger partial charge < -0.3 is 14.4 Å². The first-order chi connectivity index (χ1) is 11.2. The summed E-state index contributed by atoms with van der Waals surface area (Å²) in [5.74, 6) is -3.54. The minimum Gasteiger partial charge on any atom is -0.481 e. The van der Waals surface area contributed by atoms with E-state index in [2.05, 4.69) is 0 Å². The Morgan fingerprint density at radius 3 is 2.16 bits per heavy atom. The van der Waals surface area contributed by atoms with Crippen LogP contribution >= 0.6 is 0 Å². The summed E-state index contributed by atoms with van der Waals surface area (Å²) >= 11 is 0. The molecule has 25 heavy (non-hydrogen) atoms. The highest BCUT2D eigenvalue weighted by Crippen LogP contribution is 2.44. The number of benzene rings is 1. The van der Waals surface area contributed by atoms with Gasteiger partial charge in [-0.25, -0.2) is 4.39 Å². The number of aliphatic carboxylic acids is 1. The fourth-order valence-corrected chi connectivity index (χ4v) is 2.69. The van der Waals surface area contributed by atoms with Crippen LogP contribution in [0.25, 0.3) is 0 Å². The minimum absolute atomic E-state index is 0.492. The summed E-state index contributed by atoms with van der Waals surface area (Å²) in [6.07, 6.45) is -5.45. The third-order valence-corrected chi connectivity index (χ3v) is 4.71. The Morgan fingerprint density at radius 2 is 1.72 bits per heavy atom. The first-order valence-corrected chi connectivity index (χ1v) is 7.69. The number of rotatable bonds is 4. The standard InChI is InChI=1S/C16H19BF4O4/c1-14(2)15(3,4)25-17(24-14)12(8-13(22)23)10-7-9(18)5-6-11(10)16(19,20)21/h5-7,12H,8H2,1-4H3,(H,22,23). The molecule has 0 bridgehead atoms. The Hall–Kier alpha value is -1.61. The Morgan fingerprint density at radius 1 is 1.20 bits per heavy atom. The van der Waals surface area contributed by atoms with Crippen molar-refractivity contribution in [1.29, 1.82) is 0 Å². The van der Waals surface area contributed by atoms with Crippen molar-refractivity contribution in [3.63, 3.8) is 0 Å². The molecule has 2 rings (SSSR count). The van der Waals surface area contributed by atoms with Crippen LogP contribution in [0.2, 0.25) is 0 Å². The molecule has 1 N–H and O–H groups in total. The van der Waals surface area contributed by atoms with Gasteiger partial charge in [-0.15, -0.1) is 0 Å². The molecule has 1 aromatic rings. The normalized spacial score (nSPS) is 20.6. The molecule has 4 nitrogen and oxygen atoms in total. The lowest BCUT2D eigenvalue weighted by atomic mass is 9.65. The summed E-state index contributed by atoms with van der Waals surface area (Å²) in [6, 6.07) is 1.99. The number of hydrogen-bond acceptors (Lipinski definition) is 3. The molecule has 1 heterocycles. The number of alkyl halides is 3. The maximum absolute atomic E-state index is 13.6. The number of carbonyl (C=O) groups is 1. The molecule has 1 unspecified atom stereocenters. The quantitative estimate of drug-likeness (QED) is 0.649. The minimum atomic E-state index is -4.76. The molecule has 0 aliphatic carbocycles. The Balaban J connectivity index is 2.54. The molecule has 0 saturated carbocycles. The Labute approximate surface area is 143 Å². The van der Waals surface area contributed by atoms with Crippen LogP contribution in [0.1, 0.15) is 51.1 Å². The lowest BCUT2D eigenvalue weighted by Gasteiger charge is -2.32. The van der Waals surface area contributed by atoms with Gasteiger partial charge in [-0.1, -0.05) is 0 Å². The molecule has 1 saturated heterocycles. The Kier molecular flexibility index (Phi) is 4.95. The summed E-state index contributed by atoms with van der Waals surface area (Å²) in [5.41, 5.74) is -3.32. The van der Waals surface area contributed by atoms with E-state index in [9.17, 15) is 22.4 Å². The lowest BCUT2D eigenvalue weighted by molar-refractivity contribution is -0.140. The highest BCUT2D eigenvalue weighted by Gasteiger charge is 2.55. The SMILES string of the molecule is CC1(C)OB(C(CC(=O)O)c2cc(F)ccc2C(F)(F)F)OC1(C)C. The van der Waals surface area contributed by atoms with Crippen molar-refractivity contribution < 1.29 is 36.8 Å². The topological polar surface area (TPSA) is 55.8 Å². The average molecular weight is 362 g/mol. The van der Waals surface area contributed by atoms with Gasteiger partial charge in [0.25, 0.3) is 0 Å². The van der Waals surface area contributed by atoms with E-state index in [0.717, 1.165) is 0 Å². The van der Waals surface area contributed by atoms with E-state index in [1.807, 2.05) is 0 Å². The second-order valence-electron chi connectivity index (χ2n) is 7.06. The average Bonchev–Trinajstić information content (AvgIpc) is 2.62. The molecule has 0 spiro atoms. The van der Waals surface area contributed by atoms with Crippen molar-refractivity contribution in [2.75, 3.05) is 0 Å². The highest BCUT2D eigenvalue weighted by atomic mass is 19.4. The van der Waals surface area contributed by atoms with Crippen molar-refractivity contribution in [3.8, 4) is 0 Å². The van der Waals surface area contributed by atoms with E-state index in [-0.39, 0.29) is 0 Å². The molecule has 1 atom stereocenters. The summed E-state index contributed by atoms with van der Waals surface area (Å²) in [5, 5.41) is 9.14. The third-order valence-electron chi connectivity index (χ3n) is 4.71. The van der Waals surface area contributed by atoms with E-state index in [0.29, 0.717) is 18.2 Å². The van der Waals surface area contributed by atoms with E-state index >= 15 is 0 Å². The van der Waals surface area contributed by atoms with Gasteiger partial charge in [0.2, 0.25) is 0 Å². The molecular formula is C16H19BF4O4. The molecule has 0 amide bonds. The molecule has 1 aliphatic heterocycles. The number of hydrogen-bond donors (Lipinski definition) is 1. The van der Waals surface area contributed by atoms with Crippen molar-refractivity contribution in [2.45, 2.75) is 57.3 Å². The smallest absolute Gasteiger partial charge is 0.466 e. The van der Waals surface area contributed by atoms with Gasteiger partial charge in [-0.05, 0) is 51.5 Å². The van der Waals surface area contributed by atoms with Crippen molar-refractivity contribution in [2.24, 2.45) is 0 Å². The predicted octanol–water partition coefficient (Wildman–Crippen LogP) is 4.03. The monoisotopic (exact) mass is 362 g/mol. The van der Waals surface area contributed by atoms with E-state index in [1.165, 1.54) is 0 Å². The van der Waals surface area contributed by atoms with Gasteiger partial charge in [0.15, 0.2) is 0 Å². The Bertz CT molecular complexity index is 657. The fourth-order valence-electron chi connectivity index (χ4n) is 2.69. The first-order valence-electron chi connectivity index (χ1n) is 7.69. The number of halogens is 4. The van der Waals surface area contributed by atoms with Crippen LogP contribution in [0.15, 0.2) is 18.2 Å². The van der Waals surface area contributed by atoms with Crippen LogP contribution in [-0.2, 0) is 20.3 Å². The zero-order valence-electron chi connectivity index (χ0n) is 14.3. The van der Waals surface area contributed by atoms with Gasteiger partial charge in [0.1, 0.15) is 5.82 Å². The molecule has 0 radical (unpaired) electrons. The number of carboxylic acids is 1. The van der Waals surface area contributed by atoms with Crippen LogP contribution in [0.4, 0.5) is 17.6 Å². The molecule has 1 aliphatic rings. The molecule has 1 fully saturated rings. The zero-order chi connectivity index (χ0) is 19.2. The van der Waals surface area contributed by atoms with Crippen molar-refractivity contribution in [1.82, 2.24) is 0 Å². The summed E-state index contributed by atoms with van der Waals surface area (Å²) < 4.78 is 65.0. The maximum Gasteiger partial charge on any atom is 0.466 e. The summed E-state index contributed by atoms with van der Waals surface area (Å²) in [7, 11) is -1.25. The zero-order valence-corrected chi connectivity index (χ0v) is 14.3. The number of carboxylic acid groups (broad SMARTS) is 1. The van der Waals surface area contributed by atoms with Crippen LogP contribution in [0, 0.1) is 5.82 Å². The van der Waals surface area contributed by atoms with Crippen LogP contribution < -0.4 is 0 Å². The van der Waals surface area contributed by atoms with Crippen molar-refractivity contribution >= 4 is 13.1 Å². The van der Waals surface area contributed by atoms with E-state index in [4.69, 9.17) is 14.4 Å². The van der Waals surface area contributed by atoms with Crippen LogP contribution in [0.5, 0.6) is 0 Å². The summed E-state index contributed by atoms with van der Waals surface area (Å²) in [4.78, 5) is 11.2. The van der Waals surface area contributed by atoms with Crippen LogP contribution in [0.3, 0.4) is 0 Å². The highest BCUT2D eigenvalue weighted by molar-refractivity contribution is 6.48. The van der Waals surface area contributed by atoms with Gasteiger partial charge in [0, 0.05) is 5.82 Å². The van der Waals surface area contributed by atoms with Crippen molar-refractivity contribution in [3.05, 3.63) is 35.1 Å². The molecular weight excluding hydrogens is 343 g/mol. The molecule has 9 heteroatoms. The van der Waals surface area contributed by atoms with E-state index in [1.54, 1.807) is 27.7 Å². The van der Waals surface area contributed by atoms with Gasteiger partial charge in [-0.2, -0.15) is 13.2 Å². The second kappa shape index (κ2) is 6.28. The lowest BCUT2D eigenvalue weighted by Crippen LogP contribution is -2.41.